The average molecular weight is 310 g/mol. The Morgan fingerprint density at radius 2 is 2.25 bits per heavy atom. The number of aryl methyl sites for hydroxylation is 1. The van der Waals surface area contributed by atoms with Crippen molar-refractivity contribution >= 4 is 17.2 Å². The van der Waals surface area contributed by atoms with Gasteiger partial charge in [0.15, 0.2) is 5.84 Å². The summed E-state index contributed by atoms with van der Waals surface area (Å²) < 4.78 is 38.2. The van der Waals surface area contributed by atoms with Crippen molar-refractivity contribution in [2.24, 2.45) is 16.8 Å². The number of rotatable bonds is 6. The van der Waals surface area contributed by atoms with Crippen LogP contribution in [0.5, 0.6) is 0 Å². The smallest absolute Gasteiger partial charge is 0.400 e. The van der Waals surface area contributed by atoms with Gasteiger partial charge in [0.1, 0.15) is 10.9 Å². The van der Waals surface area contributed by atoms with Gasteiger partial charge in [-0.25, -0.2) is 4.98 Å². The normalized spacial score (nSPS) is 16.1. The molecule has 2 atom stereocenters. The molecule has 1 aromatic heterocycles. The van der Waals surface area contributed by atoms with E-state index in [1.54, 1.807) is 13.1 Å². The van der Waals surface area contributed by atoms with Crippen LogP contribution in [0.15, 0.2) is 11.4 Å². The maximum Gasteiger partial charge on any atom is 0.400 e. The van der Waals surface area contributed by atoms with E-state index >= 15 is 0 Å². The van der Waals surface area contributed by atoms with Gasteiger partial charge in [0.05, 0.1) is 6.04 Å². The van der Waals surface area contributed by atoms with Crippen molar-refractivity contribution in [1.82, 2.24) is 10.3 Å². The minimum Gasteiger partial charge on any atom is -0.409 e. The Kier molecular flexibility index (Phi) is 5.75. The lowest BCUT2D eigenvalue weighted by Crippen LogP contribution is -2.43. The molecule has 0 aromatic carbocycles. The van der Waals surface area contributed by atoms with Gasteiger partial charge in [-0.3, -0.25) is 0 Å². The van der Waals surface area contributed by atoms with E-state index in [0.717, 1.165) is 11.3 Å². The Bertz CT molecular complexity index is 461. The number of thiazole rings is 1. The quantitative estimate of drug-likeness (QED) is 0.326. The summed E-state index contributed by atoms with van der Waals surface area (Å²) in [5.74, 6) is -2.88. The van der Waals surface area contributed by atoms with Crippen LogP contribution in [0, 0.1) is 5.92 Å². The molecule has 114 valence electrons. The van der Waals surface area contributed by atoms with Crippen molar-refractivity contribution in [2.45, 2.75) is 32.5 Å². The Hall–Kier alpha value is -1.35. The summed E-state index contributed by atoms with van der Waals surface area (Å²) in [6.45, 7) is 3.23. The van der Waals surface area contributed by atoms with Crippen molar-refractivity contribution in [1.29, 1.82) is 0 Å². The lowest BCUT2D eigenvalue weighted by atomic mass is 10.1. The Balaban J connectivity index is 2.68. The molecule has 0 saturated heterocycles. The molecule has 0 saturated carbocycles. The standard InChI is InChI=1S/C11H17F3N4OS/c1-3-7-4-17-10(20-7)6(2)16-5-8(9(15)18-19)11(12,13)14/h4,6,8,16,19H,3,5H2,1-2H3,(H2,15,18). The van der Waals surface area contributed by atoms with E-state index in [0.29, 0.717) is 5.01 Å². The average Bonchev–Trinajstić information content (AvgIpc) is 2.85. The lowest BCUT2D eigenvalue weighted by Gasteiger charge is -2.21. The minimum absolute atomic E-state index is 0.336. The first-order chi connectivity index (χ1) is 9.29. The molecule has 5 nitrogen and oxygen atoms in total. The lowest BCUT2D eigenvalue weighted by molar-refractivity contribution is -0.155. The van der Waals surface area contributed by atoms with Crippen LogP contribution in [0.3, 0.4) is 0 Å². The summed E-state index contributed by atoms with van der Waals surface area (Å²) in [5.41, 5.74) is 5.08. The zero-order valence-electron chi connectivity index (χ0n) is 11.1. The van der Waals surface area contributed by atoms with Crippen molar-refractivity contribution < 1.29 is 18.4 Å². The molecule has 9 heteroatoms. The van der Waals surface area contributed by atoms with Crippen LogP contribution in [-0.2, 0) is 6.42 Å². The largest absolute Gasteiger partial charge is 0.409 e. The number of nitrogens with one attached hydrogen (secondary N) is 1. The van der Waals surface area contributed by atoms with Crippen molar-refractivity contribution in [2.75, 3.05) is 6.54 Å². The zero-order valence-corrected chi connectivity index (χ0v) is 11.9. The van der Waals surface area contributed by atoms with Crippen LogP contribution in [0.25, 0.3) is 0 Å². The number of amidine groups is 1. The van der Waals surface area contributed by atoms with Crippen molar-refractivity contribution in [3.8, 4) is 0 Å². The Morgan fingerprint density at radius 1 is 1.60 bits per heavy atom. The molecule has 0 aliphatic rings. The molecular formula is C11H17F3N4OS. The number of halogens is 3. The maximum atomic E-state index is 12.7. The van der Waals surface area contributed by atoms with Gasteiger partial charge in [-0.05, 0) is 13.3 Å². The first kappa shape index (κ1) is 16.7. The van der Waals surface area contributed by atoms with Gasteiger partial charge >= 0.3 is 6.18 Å². The van der Waals surface area contributed by atoms with Crippen molar-refractivity contribution in [3.63, 3.8) is 0 Å². The van der Waals surface area contributed by atoms with E-state index in [2.05, 4.69) is 15.5 Å². The van der Waals surface area contributed by atoms with E-state index < -0.39 is 24.5 Å². The summed E-state index contributed by atoms with van der Waals surface area (Å²) in [6, 6.07) is -0.336. The van der Waals surface area contributed by atoms with E-state index in [4.69, 9.17) is 10.9 Å². The second-order valence-corrected chi connectivity index (χ2v) is 5.41. The third kappa shape index (κ3) is 4.34. The highest BCUT2D eigenvalue weighted by Gasteiger charge is 2.42. The summed E-state index contributed by atoms with van der Waals surface area (Å²) in [7, 11) is 0. The maximum absolute atomic E-state index is 12.7. The number of nitrogens with two attached hydrogens (primary N) is 1. The highest BCUT2D eigenvalue weighted by Crippen LogP contribution is 2.27. The van der Waals surface area contributed by atoms with Crippen LogP contribution < -0.4 is 11.1 Å². The molecular weight excluding hydrogens is 293 g/mol. The van der Waals surface area contributed by atoms with E-state index in [9.17, 15) is 13.2 Å². The molecule has 0 fully saturated rings. The second kappa shape index (κ2) is 6.89. The van der Waals surface area contributed by atoms with Crippen LogP contribution in [-0.4, -0.2) is 28.7 Å². The van der Waals surface area contributed by atoms with E-state index in [1.165, 1.54) is 11.3 Å². The van der Waals surface area contributed by atoms with Crippen LogP contribution in [0.1, 0.15) is 29.8 Å². The molecule has 20 heavy (non-hydrogen) atoms. The topological polar surface area (TPSA) is 83.5 Å². The van der Waals surface area contributed by atoms with Gasteiger partial charge in [0.25, 0.3) is 0 Å². The third-order valence-electron chi connectivity index (χ3n) is 2.79. The number of aromatic nitrogens is 1. The van der Waals surface area contributed by atoms with Gasteiger partial charge in [-0.15, -0.1) is 11.3 Å². The second-order valence-electron chi connectivity index (χ2n) is 4.27. The molecule has 0 aliphatic heterocycles. The highest BCUT2D eigenvalue weighted by atomic mass is 32.1. The van der Waals surface area contributed by atoms with Crippen molar-refractivity contribution in [3.05, 3.63) is 16.1 Å². The van der Waals surface area contributed by atoms with Crippen LogP contribution in [0.4, 0.5) is 13.2 Å². The minimum atomic E-state index is -4.57. The molecule has 1 aromatic rings. The van der Waals surface area contributed by atoms with Crippen LogP contribution in [0.2, 0.25) is 0 Å². The SMILES string of the molecule is CCc1cnc(C(C)NCC(C(N)=NO)C(F)(F)F)s1. The molecule has 0 amide bonds. The molecule has 0 bridgehead atoms. The zero-order chi connectivity index (χ0) is 15.3. The molecule has 0 aliphatic carbocycles. The van der Waals surface area contributed by atoms with E-state index in [1.807, 2.05) is 6.92 Å². The van der Waals surface area contributed by atoms with Crippen LogP contribution >= 0.6 is 11.3 Å². The summed E-state index contributed by atoms with van der Waals surface area (Å²) in [6.07, 6.45) is -2.02. The summed E-state index contributed by atoms with van der Waals surface area (Å²) in [4.78, 5) is 5.22. The van der Waals surface area contributed by atoms with E-state index in [-0.39, 0.29) is 6.04 Å². The Labute approximate surface area is 118 Å². The fraction of sp³-hybridized carbons (Fsp3) is 0.636. The first-order valence-corrected chi connectivity index (χ1v) is 6.83. The first-order valence-electron chi connectivity index (χ1n) is 6.01. The van der Waals surface area contributed by atoms with Gasteiger partial charge in [-0.1, -0.05) is 12.1 Å². The van der Waals surface area contributed by atoms with Gasteiger partial charge in [-0.2, -0.15) is 13.2 Å². The number of hydrogen-bond donors (Lipinski definition) is 3. The number of nitrogens with zero attached hydrogens (tertiary/aromatic N) is 2. The molecule has 2 unspecified atom stereocenters. The Morgan fingerprint density at radius 3 is 2.70 bits per heavy atom. The molecule has 1 rings (SSSR count). The molecule has 4 N–H and O–H groups in total. The van der Waals surface area contributed by atoms with Gasteiger partial charge in [0.2, 0.25) is 0 Å². The number of oxime groups is 1. The van der Waals surface area contributed by atoms with Gasteiger partial charge < -0.3 is 16.3 Å². The fourth-order valence-electron chi connectivity index (χ4n) is 1.53. The summed E-state index contributed by atoms with van der Waals surface area (Å²) >= 11 is 1.45. The monoisotopic (exact) mass is 310 g/mol. The molecule has 0 spiro atoms. The molecule has 0 radical (unpaired) electrons. The molecule has 1 heterocycles. The predicted octanol–water partition coefficient (Wildman–Crippen LogP) is 2.28. The number of hydrogen-bond acceptors (Lipinski definition) is 5. The number of alkyl halides is 3. The highest BCUT2D eigenvalue weighted by molar-refractivity contribution is 7.11. The predicted molar refractivity (Wildman–Crippen MR) is 70.9 cm³/mol. The third-order valence-corrected chi connectivity index (χ3v) is 4.11. The fourth-order valence-corrected chi connectivity index (χ4v) is 2.41. The van der Waals surface area contributed by atoms with Gasteiger partial charge in [0, 0.05) is 17.6 Å². The summed E-state index contributed by atoms with van der Waals surface area (Å²) in [5, 5.41) is 14.3.